The fourth-order valence-corrected chi connectivity index (χ4v) is 1.88. The molecule has 1 aromatic heterocycles. The molecule has 0 radical (unpaired) electrons. The number of carbonyl (C=O) groups excluding carboxylic acids is 1. The van der Waals surface area contributed by atoms with E-state index in [0.29, 0.717) is 12.0 Å². The number of ketones is 1. The number of benzene rings is 1. The van der Waals surface area contributed by atoms with E-state index >= 15 is 0 Å². The number of nitrogens with zero attached hydrogens (tertiary/aromatic N) is 1. The highest BCUT2D eigenvalue weighted by atomic mass is 16.1. The molecule has 1 atom stereocenters. The van der Waals surface area contributed by atoms with Gasteiger partial charge in [-0.15, -0.1) is 0 Å². The standard InChI is InChI=1S/C15H16N2O/c1-11-4-2-6-13(8-11)15(18)14(16)9-12-5-3-7-17-10-12/h2-8,10,14H,9,16H2,1H3. The number of rotatable bonds is 4. The second-order valence-corrected chi connectivity index (χ2v) is 4.41. The third-order valence-corrected chi connectivity index (χ3v) is 2.82. The fraction of sp³-hybridized carbons (Fsp3) is 0.200. The van der Waals surface area contributed by atoms with E-state index in [2.05, 4.69) is 4.98 Å². The molecule has 3 heteroatoms. The van der Waals surface area contributed by atoms with Crippen molar-refractivity contribution >= 4 is 5.78 Å². The molecule has 0 saturated heterocycles. The van der Waals surface area contributed by atoms with E-state index < -0.39 is 6.04 Å². The van der Waals surface area contributed by atoms with Crippen LogP contribution in [0.1, 0.15) is 21.5 Å². The molecule has 0 spiro atoms. The monoisotopic (exact) mass is 240 g/mol. The Kier molecular flexibility index (Phi) is 3.85. The van der Waals surface area contributed by atoms with Gasteiger partial charge < -0.3 is 5.73 Å². The molecular formula is C15H16N2O. The van der Waals surface area contributed by atoms with Gasteiger partial charge in [-0.2, -0.15) is 0 Å². The van der Waals surface area contributed by atoms with Gasteiger partial charge in [-0.1, -0.05) is 29.8 Å². The summed E-state index contributed by atoms with van der Waals surface area (Å²) in [4.78, 5) is 16.2. The van der Waals surface area contributed by atoms with E-state index in [4.69, 9.17) is 5.73 Å². The molecule has 0 amide bonds. The molecule has 18 heavy (non-hydrogen) atoms. The van der Waals surface area contributed by atoms with E-state index in [1.807, 2.05) is 37.3 Å². The minimum absolute atomic E-state index is 0.0254. The third-order valence-electron chi connectivity index (χ3n) is 2.82. The first-order valence-electron chi connectivity index (χ1n) is 5.92. The van der Waals surface area contributed by atoms with Crippen LogP contribution in [0.4, 0.5) is 0 Å². The van der Waals surface area contributed by atoms with Crippen molar-refractivity contribution in [3.63, 3.8) is 0 Å². The highest BCUT2D eigenvalue weighted by Gasteiger charge is 2.16. The number of hydrogen-bond acceptors (Lipinski definition) is 3. The summed E-state index contributed by atoms with van der Waals surface area (Å²) in [6.45, 7) is 1.96. The van der Waals surface area contributed by atoms with Crippen molar-refractivity contribution in [2.24, 2.45) is 5.73 Å². The Labute approximate surface area is 107 Å². The van der Waals surface area contributed by atoms with Crippen molar-refractivity contribution in [3.8, 4) is 0 Å². The van der Waals surface area contributed by atoms with Crippen molar-refractivity contribution in [2.75, 3.05) is 0 Å². The zero-order chi connectivity index (χ0) is 13.0. The molecule has 1 heterocycles. The van der Waals surface area contributed by atoms with Gasteiger partial charge in [0.05, 0.1) is 6.04 Å². The third kappa shape index (κ3) is 3.02. The van der Waals surface area contributed by atoms with Gasteiger partial charge in [-0.05, 0) is 31.0 Å². The molecule has 1 aromatic carbocycles. The average molecular weight is 240 g/mol. The Balaban J connectivity index is 2.10. The van der Waals surface area contributed by atoms with Crippen LogP contribution < -0.4 is 5.73 Å². The summed E-state index contributed by atoms with van der Waals surface area (Å²) in [5, 5.41) is 0. The first-order valence-corrected chi connectivity index (χ1v) is 5.92. The van der Waals surface area contributed by atoms with E-state index in [1.54, 1.807) is 18.5 Å². The highest BCUT2D eigenvalue weighted by Crippen LogP contribution is 2.09. The number of Topliss-reactive ketones (excluding diaryl/α,β-unsaturated/α-hetero) is 1. The number of nitrogens with two attached hydrogens (primary N) is 1. The maximum Gasteiger partial charge on any atom is 0.179 e. The van der Waals surface area contributed by atoms with Crippen LogP contribution in [-0.4, -0.2) is 16.8 Å². The van der Waals surface area contributed by atoms with Gasteiger partial charge in [0.1, 0.15) is 0 Å². The molecule has 2 aromatic rings. The van der Waals surface area contributed by atoms with Gasteiger partial charge in [0.25, 0.3) is 0 Å². The minimum atomic E-state index is -0.518. The molecule has 1 unspecified atom stereocenters. The van der Waals surface area contributed by atoms with E-state index in [0.717, 1.165) is 11.1 Å². The molecule has 0 fully saturated rings. The Morgan fingerprint density at radius 2 is 2.17 bits per heavy atom. The predicted octanol–water partition coefficient (Wildman–Crippen LogP) is 2.14. The Hall–Kier alpha value is -2.00. The van der Waals surface area contributed by atoms with Crippen molar-refractivity contribution in [1.29, 1.82) is 0 Å². The van der Waals surface area contributed by atoms with Gasteiger partial charge in [0, 0.05) is 18.0 Å². The number of pyridine rings is 1. The zero-order valence-electron chi connectivity index (χ0n) is 10.3. The fourth-order valence-electron chi connectivity index (χ4n) is 1.88. The van der Waals surface area contributed by atoms with E-state index in [-0.39, 0.29) is 5.78 Å². The van der Waals surface area contributed by atoms with Gasteiger partial charge >= 0.3 is 0 Å². The van der Waals surface area contributed by atoms with Crippen molar-refractivity contribution in [1.82, 2.24) is 4.98 Å². The maximum atomic E-state index is 12.2. The predicted molar refractivity (Wildman–Crippen MR) is 71.4 cm³/mol. The molecule has 2 rings (SSSR count). The van der Waals surface area contributed by atoms with Crippen molar-refractivity contribution < 1.29 is 4.79 Å². The first-order chi connectivity index (χ1) is 8.66. The quantitative estimate of drug-likeness (QED) is 0.833. The average Bonchev–Trinajstić information content (AvgIpc) is 2.39. The van der Waals surface area contributed by atoms with Crippen LogP contribution >= 0.6 is 0 Å². The smallest absolute Gasteiger partial charge is 0.179 e. The summed E-state index contributed by atoms with van der Waals surface area (Å²) in [6, 6.07) is 10.8. The lowest BCUT2D eigenvalue weighted by atomic mass is 9.98. The SMILES string of the molecule is Cc1cccc(C(=O)C(N)Cc2cccnc2)c1. The van der Waals surface area contributed by atoms with Gasteiger partial charge in [0.15, 0.2) is 5.78 Å². The molecular weight excluding hydrogens is 224 g/mol. The lowest BCUT2D eigenvalue weighted by Gasteiger charge is -2.10. The zero-order valence-corrected chi connectivity index (χ0v) is 10.3. The molecule has 0 bridgehead atoms. The number of carbonyl (C=O) groups is 1. The van der Waals surface area contributed by atoms with Crippen LogP contribution in [0.5, 0.6) is 0 Å². The van der Waals surface area contributed by atoms with Crippen LogP contribution in [0.3, 0.4) is 0 Å². The molecule has 0 saturated carbocycles. The topological polar surface area (TPSA) is 56.0 Å². The maximum absolute atomic E-state index is 12.2. The second kappa shape index (κ2) is 5.56. The van der Waals surface area contributed by atoms with E-state index in [1.165, 1.54) is 0 Å². The van der Waals surface area contributed by atoms with Gasteiger partial charge in [0.2, 0.25) is 0 Å². The Morgan fingerprint density at radius 1 is 1.33 bits per heavy atom. The molecule has 0 aliphatic carbocycles. The number of aromatic nitrogens is 1. The lowest BCUT2D eigenvalue weighted by Crippen LogP contribution is -2.32. The normalized spacial score (nSPS) is 12.1. The summed E-state index contributed by atoms with van der Waals surface area (Å²) >= 11 is 0. The summed E-state index contributed by atoms with van der Waals surface area (Å²) in [5.41, 5.74) is 8.67. The summed E-state index contributed by atoms with van der Waals surface area (Å²) in [5.74, 6) is -0.0254. The van der Waals surface area contributed by atoms with E-state index in [9.17, 15) is 4.79 Å². The molecule has 0 aliphatic rings. The summed E-state index contributed by atoms with van der Waals surface area (Å²) in [6.07, 6.45) is 3.96. The Bertz CT molecular complexity index is 537. The number of hydrogen-bond donors (Lipinski definition) is 1. The summed E-state index contributed by atoms with van der Waals surface area (Å²) in [7, 11) is 0. The Morgan fingerprint density at radius 3 is 2.83 bits per heavy atom. The van der Waals surface area contributed by atoms with Gasteiger partial charge in [-0.25, -0.2) is 0 Å². The highest BCUT2D eigenvalue weighted by molar-refractivity contribution is 6.00. The van der Waals surface area contributed by atoms with Crippen LogP contribution in [0.15, 0.2) is 48.8 Å². The largest absolute Gasteiger partial charge is 0.321 e. The van der Waals surface area contributed by atoms with Crippen molar-refractivity contribution in [3.05, 3.63) is 65.5 Å². The lowest BCUT2D eigenvalue weighted by molar-refractivity contribution is 0.0961. The molecule has 2 N–H and O–H groups in total. The van der Waals surface area contributed by atoms with Crippen LogP contribution in [0.2, 0.25) is 0 Å². The van der Waals surface area contributed by atoms with Crippen molar-refractivity contribution in [2.45, 2.75) is 19.4 Å². The summed E-state index contributed by atoms with van der Waals surface area (Å²) < 4.78 is 0. The van der Waals surface area contributed by atoms with Crippen LogP contribution in [0, 0.1) is 6.92 Å². The molecule has 92 valence electrons. The van der Waals surface area contributed by atoms with Crippen LogP contribution in [-0.2, 0) is 6.42 Å². The first kappa shape index (κ1) is 12.5. The molecule has 0 aliphatic heterocycles. The molecule has 3 nitrogen and oxygen atoms in total. The van der Waals surface area contributed by atoms with Gasteiger partial charge in [-0.3, -0.25) is 9.78 Å². The number of aryl methyl sites for hydroxylation is 1. The minimum Gasteiger partial charge on any atom is -0.321 e. The second-order valence-electron chi connectivity index (χ2n) is 4.41. The van der Waals surface area contributed by atoms with Crippen LogP contribution in [0.25, 0.3) is 0 Å².